The normalized spacial score (nSPS) is 36.8. The second kappa shape index (κ2) is 7.30. The van der Waals surface area contributed by atoms with Crippen LogP contribution in [0.2, 0.25) is 0 Å². The van der Waals surface area contributed by atoms with Gasteiger partial charge in [-0.05, 0) is 86.2 Å². The lowest BCUT2D eigenvalue weighted by molar-refractivity contribution is -0.140. The molecular formula is C25H34O4. The van der Waals surface area contributed by atoms with Gasteiger partial charge in [-0.3, -0.25) is 4.79 Å². The first kappa shape index (κ1) is 19.4. The van der Waals surface area contributed by atoms with Crippen molar-refractivity contribution < 1.29 is 19.7 Å². The highest BCUT2D eigenvalue weighted by Gasteiger charge is 2.54. The van der Waals surface area contributed by atoms with E-state index in [1.165, 1.54) is 12.0 Å². The lowest BCUT2D eigenvalue weighted by Gasteiger charge is -2.50. The van der Waals surface area contributed by atoms with E-state index >= 15 is 0 Å². The Morgan fingerprint density at radius 1 is 1.07 bits per heavy atom. The predicted molar refractivity (Wildman–Crippen MR) is 111 cm³/mol. The summed E-state index contributed by atoms with van der Waals surface area (Å²) < 4.78 is 5.99. The van der Waals surface area contributed by atoms with Crippen LogP contribution in [-0.2, 0) is 11.2 Å². The lowest BCUT2D eigenvalue weighted by Crippen LogP contribution is -2.44. The Morgan fingerprint density at radius 2 is 1.86 bits per heavy atom. The van der Waals surface area contributed by atoms with Gasteiger partial charge in [0.05, 0.1) is 12.0 Å². The molecule has 5 rings (SSSR count). The smallest absolute Gasteiger partial charge is 0.314 e. The van der Waals surface area contributed by atoms with Crippen molar-refractivity contribution >= 4 is 5.97 Å². The molecule has 0 amide bonds. The first-order chi connectivity index (χ1) is 14.0. The molecule has 2 N–H and O–H groups in total. The number of phenolic OH excluding ortho intramolecular Hbond substituents is 1. The van der Waals surface area contributed by atoms with Gasteiger partial charge in [0.1, 0.15) is 11.5 Å². The average molecular weight is 399 g/mol. The van der Waals surface area contributed by atoms with Gasteiger partial charge >= 0.3 is 5.97 Å². The van der Waals surface area contributed by atoms with Crippen LogP contribution < -0.4 is 4.74 Å². The average Bonchev–Trinajstić information content (AvgIpc) is 3.03. The zero-order chi connectivity index (χ0) is 20.2. The van der Waals surface area contributed by atoms with Gasteiger partial charge in [0.25, 0.3) is 0 Å². The van der Waals surface area contributed by atoms with Crippen molar-refractivity contribution in [2.45, 2.75) is 89.6 Å². The molecule has 4 nitrogen and oxygen atoms in total. The molecule has 29 heavy (non-hydrogen) atoms. The van der Waals surface area contributed by atoms with E-state index in [1.54, 1.807) is 6.07 Å². The largest absolute Gasteiger partial charge is 0.508 e. The summed E-state index contributed by atoms with van der Waals surface area (Å²) in [6.45, 7) is 2.28. The number of fused-ring (bicyclic) bond motifs is 5. The summed E-state index contributed by atoms with van der Waals surface area (Å²) in [6, 6.07) is 3.54. The number of benzene rings is 1. The maximum Gasteiger partial charge on any atom is 0.314 e. The molecule has 0 aromatic heterocycles. The third-order valence-electron chi connectivity index (χ3n) is 8.87. The van der Waals surface area contributed by atoms with Crippen LogP contribution >= 0.6 is 0 Å². The molecule has 3 saturated carbocycles. The molecule has 0 heterocycles. The number of hydrogen-bond donors (Lipinski definition) is 2. The first-order valence-electron chi connectivity index (χ1n) is 11.7. The lowest BCUT2D eigenvalue weighted by atomic mass is 9.55. The molecule has 3 fully saturated rings. The summed E-state index contributed by atoms with van der Waals surface area (Å²) in [6.07, 6.45) is 11.2. The summed E-state index contributed by atoms with van der Waals surface area (Å²) in [5.41, 5.74) is 2.36. The van der Waals surface area contributed by atoms with Crippen LogP contribution in [0.3, 0.4) is 0 Å². The predicted octanol–water partition coefficient (Wildman–Crippen LogP) is 5.09. The van der Waals surface area contributed by atoms with E-state index in [0.717, 1.165) is 69.8 Å². The summed E-state index contributed by atoms with van der Waals surface area (Å²) in [4.78, 5) is 12.9. The number of carbonyl (C=O) groups excluding carboxylic acids is 1. The number of ether oxygens (including phenoxy) is 1. The molecule has 4 heteroatoms. The SMILES string of the molecule is C[C@]12CC[C@@H]3c4c(cc(O)cc4OC(=O)C4CCCCC4)CC[C@@H]3[C@@H]1CC[C@@H]2O. The maximum atomic E-state index is 12.9. The summed E-state index contributed by atoms with van der Waals surface area (Å²) in [5.74, 6) is 2.14. The molecule has 0 saturated heterocycles. The topological polar surface area (TPSA) is 66.8 Å². The highest BCUT2D eigenvalue weighted by Crippen LogP contribution is 2.62. The number of esters is 1. The second-order valence-electron chi connectivity index (χ2n) is 10.3. The van der Waals surface area contributed by atoms with Crippen LogP contribution in [0.5, 0.6) is 11.5 Å². The van der Waals surface area contributed by atoms with E-state index in [0.29, 0.717) is 23.5 Å². The van der Waals surface area contributed by atoms with Gasteiger partial charge in [0, 0.05) is 11.6 Å². The highest BCUT2D eigenvalue weighted by molar-refractivity contribution is 5.76. The minimum Gasteiger partial charge on any atom is -0.508 e. The van der Waals surface area contributed by atoms with Crippen molar-refractivity contribution in [1.29, 1.82) is 0 Å². The second-order valence-corrected chi connectivity index (χ2v) is 10.3. The van der Waals surface area contributed by atoms with Crippen LogP contribution in [0.1, 0.15) is 88.2 Å². The fraction of sp³-hybridized carbons (Fsp3) is 0.720. The molecule has 5 atom stereocenters. The molecule has 158 valence electrons. The number of aromatic hydroxyl groups is 1. The monoisotopic (exact) mass is 398 g/mol. The highest BCUT2D eigenvalue weighted by atomic mass is 16.5. The van der Waals surface area contributed by atoms with Gasteiger partial charge in [-0.1, -0.05) is 26.2 Å². The summed E-state index contributed by atoms with van der Waals surface area (Å²) >= 11 is 0. The molecule has 1 aromatic rings. The van der Waals surface area contributed by atoms with Crippen molar-refractivity contribution in [2.24, 2.45) is 23.2 Å². The van der Waals surface area contributed by atoms with Crippen molar-refractivity contribution in [3.05, 3.63) is 23.3 Å². The fourth-order valence-corrected chi connectivity index (χ4v) is 7.25. The van der Waals surface area contributed by atoms with Gasteiger partial charge in [-0.25, -0.2) is 0 Å². The third-order valence-corrected chi connectivity index (χ3v) is 8.87. The van der Waals surface area contributed by atoms with E-state index in [-0.39, 0.29) is 29.2 Å². The Bertz CT molecular complexity index is 796. The molecular weight excluding hydrogens is 364 g/mol. The van der Waals surface area contributed by atoms with Gasteiger partial charge in [0.2, 0.25) is 0 Å². The Kier molecular flexibility index (Phi) is 4.89. The molecule has 0 aliphatic heterocycles. The Balaban J connectivity index is 1.46. The molecule has 0 radical (unpaired) electrons. The van der Waals surface area contributed by atoms with Crippen LogP contribution in [0.4, 0.5) is 0 Å². The third kappa shape index (κ3) is 3.19. The fourth-order valence-electron chi connectivity index (χ4n) is 7.25. The number of phenols is 1. The van der Waals surface area contributed by atoms with Gasteiger partial charge in [-0.15, -0.1) is 0 Å². The zero-order valence-corrected chi connectivity index (χ0v) is 17.5. The first-order valence-corrected chi connectivity index (χ1v) is 11.7. The van der Waals surface area contributed by atoms with Crippen molar-refractivity contribution in [1.82, 2.24) is 0 Å². The van der Waals surface area contributed by atoms with Crippen LogP contribution in [-0.4, -0.2) is 22.3 Å². The number of aliphatic hydroxyl groups is 1. The summed E-state index contributed by atoms with van der Waals surface area (Å²) in [5, 5.41) is 20.9. The number of aliphatic hydroxyl groups excluding tert-OH is 1. The Labute approximate surface area is 173 Å². The summed E-state index contributed by atoms with van der Waals surface area (Å²) in [7, 11) is 0. The number of carbonyl (C=O) groups is 1. The van der Waals surface area contributed by atoms with E-state index < -0.39 is 0 Å². The molecule has 0 bridgehead atoms. The van der Waals surface area contributed by atoms with Gasteiger partial charge in [-0.2, -0.15) is 0 Å². The van der Waals surface area contributed by atoms with E-state index in [2.05, 4.69) is 6.92 Å². The zero-order valence-electron chi connectivity index (χ0n) is 17.5. The molecule has 4 aliphatic carbocycles. The van der Waals surface area contributed by atoms with Crippen molar-refractivity contribution in [2.75, 3.05) is 0 Å². The minimum absolute atomic E-state index is 0.000707. The number of hydrogen-bond acceptors (Lipinski definition) is 4. The van der Waals surface area contributed by atoms with Crippen LogP contribution in [0.25, 0.3) is 0 Å². The maximum absolute atomic E-state index is 12.9. The molecule has 1 aromatic carbocycles. The van der Waals surface area contributed by atoms with Crippen LogP contribution in [0.15, 0.2) is 12.1 Å². The standard InChI is InChI=1S/C25H34O4/c1-25-12-11-19-18(20(25)9-10-22(25)27)8-7-16-13-17(26)14-21(23(16)19)29-24(28)15-5-3-2-4-6-15/h13-15,18-20,22,26-27H,2-12H2,1H3/t18-,19-,20-,22-,25-/m0/s1. The van der Waals surface area contributed by atoms with Gasteiger partial charge < -0.3 is 14.9 Å². The Morgan fingerprint density at radius 3 is 2.66 bits per heavy atom. The van der Waals surface area contributed by atoms with Crippen molar-refractivity contribution in [3.8, 4) is 11.5 Å². The number of aryl methyl sites for hydroxylation is 1. The van der Waals surface area contributed by atoms with Gasteiger partial charge in [0.15, 0.2) is 0 Å². The molecule has 4 aliphatic rings. The Hall–Kier alpha value is -1.55. The van der Waals surface area contributed by atoms with E-state index in [1.807, 2.05) is 6.07 Å². The number of rotatable bonds is 2. The van der Waals surface area contributed by atoms with E-state index in [9.17, 15) is 15.0 Å². The van der Waals surface area contributed by atoms with Crippen LogP contribution in [0, 0.1) is 23.2 Å². The molecule has 0 spiro atoms. The minimum atomic E-state index is -0.182. The van der Waals surface area contributed by atoms with E-state index in [4.69, 9.17) is 4.74 Å². The molecule has 0 unspecified atom stereocenters. The van der Waals surface area contributed by atoms with Crippen molar-refractivity contribution in [3.63, 3.8) is 0 Å². The quantitative estimate of drug-likeness (QED) is 0.538.